The Morgan fingerprint density at radius 2 is 2.07 bits per heavy atom. The topological polar surface area (TPSA) is 98.4 Å². The molecule has 2 N–H and O–H groups in total. The third-order valence-electron chi connectivity index (χ3n) is 5.28. The molecule has 2 aromatic carbocycles. The van der Waals surface area contributed by atoms with Gasteiger partial charge in [0, 0.05) is 25.8 Å². The van der Waals surface area contributed by atoms with Gasteiger partial charge in [-0.3, -0.25) is 4.79 Å². The van der Waals surface area contributed by atoms with Crippen LogP contribution in [-0.2, 0) is 4.74 Å². The number of rotatable bonds is 1. The average molecular weight is 370 g/mol. The third-order valence-corrected chi connectivity index (χ3v) is 5.28. The highest BCUT2D eigenvalue weighted by Crippen LogP contribution is 2.51. The fraction of sp³-hybridized carbons (Fsp3) is 0.350. The monoisotopic (exact) mass is 370 g/mol. The fourth-order valence-electron chi connectivity index (χ4n) is 4.20. The summed E-state index contributed by atoms with van der Waals surface area (Å²) in [5.74, 6) is -0.467. The van der Waals surface area contributed by atoms with Crippen molar-refractivity contribution in [2.24, 2.45) is 0 Å². The van der Waals surface area contributed by atoms with Crippen LogP contribution in [0.2, 0.25) is 0 Å². The Labute approximate surface area is 153 Å². The van der Waals surface area contributed by atoms with Crippen LogP contribution in [0.4, 0.5) is 0 Å². The van der Waals surface area contributed by atoms with Crippen molar-refractivity contribution in [1.29, 1.82) is 0 Å². The lowest BCUT2D eigenvalue weighted by Crippen LogP contribution is -2.48. The van der Waals surface area contributed by atoms with Crippen molar-refractivity contribution in [3.63, 3.8) is 0 Å². The number of aliphatic hydroxyl groups is 1. The van der Waals surface area contributed by atoms with E-state index in [-0.39, 0.29) is 22.1 Å². The maximum Gasteiger partial charge on any atom is 0.210 e. The second-order valence-corrected chi connectivity index (χ2v) is 7.21. The summed E-state index contributed by atoms with van der Waals surface area (Å²) in [6, 6.07) is 6.67. The van der Waals surface area contributed by atoms with Crippen LogP contribution in [0.3, 0.4) is 0 Å². The molecule has 2 aliphatic rings. The summed E-state index contributed by atoms with van der Waals surface area (Å²) in [5.41, 5.74) is 0.551. The Hall–Kier alpha value is -2.77. The van der Waals surface area contributed by atoms with Crippen LogP contribution in [-0.4, -0.2) is 29.2 Å². The Balaban J connectivity index is 1.86. The van der Waals surface area contributed by atoms with Gasteiger partial charge in [-0.05, 0) is 12.1 Å². The van der Waals surface area contributed by atoms with Crippen molar-refractivity contribution in [2.45, 2.75) is 37.8 Å². The van der Waals surface area contributed by atoms with Crippen LogP contribution in [0.15, 0.2) is 33.5 Å². The Morgan fingerprint density at radius 1 is 1.26 bits per heavy atom. The Morgan fingerprint density at radius 3 is 2.85 bits per heavy atom. The Bertz CT molecular complexity index is 1150. The first-order valence-electron chi connectivity index (χ1n) is 8.74. The Kier molecular flexibility index (Phi) is 3.26. The largest absolute Gasteiger partial charge is 0.506 e. The number of methoxy groups -OCH3 is 1. The molecule has 2 aliphatic heterocycles. The number of ether oxygens (including phenoxy) is 3. The van der Waals surface area contributed by atoms with Gasteiger partial charge in [-0.15, -0.1) is 0 Å². The molecular weight excluding hydrogens is 352 g/mol. The van der Waals surface area contributed by atoms with Crippen LogP contribution >= 0.6 is 0 Å². The molecule has 3 atom stereocenters. The smallest absolute Gasteiger partial charge is 0.210 e. The van der Waals surface area contributed by atoms with Crippen LogP contribution in [0.1, 0.15) is 31.4 Å². The number of hydrogen-bond acceptors (Lipinski definition) is 7. The molecule has 7 heteroatoms. The van der Waals surface area contributed by atoms with Gasteiger partial charge >= 0.3 is 0 Å². The molecule has 0 amide bonds. The quantitative estimate of drug-likeness (QED) is 0.636. The maximum absolute atomic E-state index is 13.1. The van der Waals surface area contributed by atoms with Gasteiger partial charge in [-0.1, -0.05) is 6.07 Å². The second-order valence-electron chi connectivity index (χ2n) is 7.21. The summed E-state index contributed by atoms with van der Waals surface area (Å²) in [7, 11) is 1.47. The minimum Gasteiger partial charge on any atom is -0.506 e. The molecule has 0 aliphatic carbocycles. The summed E-state index contributed by atoms with van der Waals surface area (Å²) in [5, 5.41) is 21.4. The lowest BCUT2D eigenvalue weighted by atomic mass is 9.90. The molecule has 0 unspecified atom stereocenters. The number of hydrogen-bond donors (Lipinski definition) is 2. The molecular formula is C20H18O7. The van der Waals surface area contributed by atoms with E-state index < -0.39 is 23.4 Å². The van der Waals surface area contributed by atoms with Gasteiger partial charge in [0.25, 0.3) is 0 Å². The van der Waals surface area contributed by atoms with Crippen LogP contribution in [0.5, 0.6) is 17.2 Å². The molecule has 0 saturated carbocycles. The van der Waals surface area contributed by atoms with E-state index in [0.717, 1.165) is 0 Å². The molecule has 3 aromatic rings. The number of phenolic OH excluding ortho intramolecular Hbond substituents is 1. The van der Waals surface area contributed by atoms with Gasteiger partial charge < -0.3 is 28.8 Å². The van der Waals surface area contributed by atoms with E-state index in [4.69, 9.17) is 18.6 Å². The van der Waals surface area contributed by atoms with E-state index in [0.29, 0.717) is 35.5 Å². The van der Waals surface area contributed by atoms with E-state index >= 15 is 0 Å². The molecule has 2 bridgehead atoms. The van der Waals surface area contributed by atoms with Crippen molar-refractivity contribution < 1.29 is 28.8 Å². The second kappa shape index (κ2) is 5.37. The van der Waals surface area contributed by atoms with Gasteiger partial charge in [0.2, 0.25) is 11.2 Å². The summed E-state index contributed by atoms with van der Waals surface area (Å²) >= 11 is 0. The highest BCUT2D eigenvalue weighted by atomic mass is 16.7. The zero-order valence-electron chi connectivity index (χ0n) is 14.8. The van der Waals surface area contributed by atoms with E-state index in [1.807, 2.05) is 0 Å². The molecule has 1 fully saturated rings. The van der Waals surface area contributed by atoms with Crippen molar-refractivity contribution in [1.82, 2.24) is 0 Å². The molecule has 0 radical (unpaired) electrons. The molecule has 5 rings (SSSR count). The molecule has 1 saturated heterocycles. The highest BCUT2D eigenvalue weighted by molar-refractivity contribution is 5.97. The lowest BCUT2D eigenvalue weighted by Gasteiger charge is -2.45. The minimum absolute atomic E-state index is 0.0432. The number of aromatic hydroxyl groups is 1. The van der Waals surface area contributed by atoms with E-state index in [1.165, 1.54) is 7.11 Å². The molecule has 7 nitrogen and oxygen atoms in total. The van der Waals surface area contributed by atoms with Crippen molar-refractivity contribution in [2.75, 3.05) is 7.11 Å². The van der Waals surface area contributed by atoms with Crippen molar-refractivity contribution in [3.05, 3.63) is 40.1 Å². The predicted octanol–water partition coefficient (Wildman–Crippen LogP) is 2.98. The third kappa shape index (κ3) is 2.25. The lowest BCUT2D eigenvalue weighted by molar-refractivity contribution is -0.263. The van der Waals surface area contributed by atoms with Gasteiger partial charge in [-0.25, -0.2) is 0 Å². The fourth-order valence-corrected chi connectivity index (χ4v) is 4.20. The predicted molar refractivity (Wildman–Crippen MR) is 96.3 cm³/mol. The minimum atomic E-state index is -0.990. The number of benzene rings is 2. The normalized spacial score (nSPS) is 26.6. The standard InChI is InChI=1S/C20H18O7/c1-20-8-9(21)6-13(26-20)16-14(27-20)7-12-17(19(16)23)18(22)15-10(24-2)4-3-5-11(15)25-12/h3-5,7,9,13,21,23H,6,8H2,1-2H3/t9-,13+,20+/m1/s1. The molecule has 3 heterocycles. The first kappa shape index (κ1) is 16.4. The molecule has 0 spiro atoms. The maximum atomic E-state index is 13.1. The number of aliphatic hydroxyl groups excluding tert-OH is 1. The zero-order chi connectivity index (χ0) is 18.9. The van der Waals surface area contributed by atoms with E-state index in [2.05, 4.69) is 0 Å². The van der Waals surface area contributed by atoms with E-state index in [9.17, 15) is 15.0 Å². The number of phenols is 1. The van der Waals surface area contributed by atoms with Gasteiger partial charge in [0.1, 0.15) is 39.2 Å². The molecule has 1 aromatic heterocycles. The van der Waals surface area contributed by atoms with Crippen LogP contribution in [0, 0.1) is 0 Å². The van der Waals surface area contributed by atoms with Crippen molar-refractivity contribution in [3.8, 4) is 17.2 Å². The van der Waals surface area contributed by atoms with Crippen LogP contribution < -0.4 is 14.9 Å². The highest BCUT2D eigenvalue weighted by Gasteiger charge is 2.46. The van der Waals surface area contributed by atoms with E-state index in [1.54, 1.807) is 31.2 Å². The van der Waals surface area contributed by atoms with Gasteiger partial charge in [0.15, 0.2) is 0 Å². The first-order valence-corrected chi connectivity index (χ1v) is 8.74. The first-order chi connectivity index (χ1) is 12.9. The van der Waals surface area contributed by atoms with Crippen LogP contribution in [0.25, 0.3) is 21.9 Å². The summed E-state index contributed by atoms with van der Waals surface area (Å²) in [6.45, 7) is 1.74. The van der Waals surface area contributed by atoms with Crippen molar-refractivity contribution >= 4 is 21.9 Å². The summed E-state index contributed by atoms with van der Waals surface area (Å²) in [6.07, 6.45) is -0.557. The summed E-state index contributed by atoms with van der Waals surface area (Å²) in [4.78, 5) is 13.1. The average Bonchev–Trinajstić information content (AvgIpc) is 2.59. The van der Waals surface area contributed by atoms with Gasteiger partial charge in [0.05, 0.1) is 24.9 Å². The SMILES string of the molecule is COc1cccc2oc3cc4c(c(O)c3c(=O)c12)[C@@H]1C[C@@H](O)C[C@](C)(O4)O1. The summed E-state index contributed by atoms with van der Waals surface area (Å²) < 4.78 is 23.0. The van der Waals surface area contributed by atoms with Gasteiger partial charge in [-0.2, -0.15) is 0 Å². The number of fused-ring (bicyclic) bond motifs is 6. The molecule has 140 valence electrons. The zero-order valence-corrected chi connectivity index (χ0v) is 14.8. The molecule has 27 heavy (non-hydrogen) atoms.